The van der Waals surface area contributed by atoms with Crippen molar-refractivity contribution in [3.05, 3.63) is 23.8 Å². The molecule has 3 N–H and O–H groups in total. The number of carbonyl (C=O) groups excluding carboxylic acids is 1. The lowest BCUT2D eigenvalue weighted by Gasteiger charge is -2.12. The van der Waals surface area contributed by atoms with Crippen LogP contribution in [0.15, 0.2) is 18.2 Å². The Hall–Kier alpha value is -1.75. The second-order valence-corrected chi connectivity index (χ2v) is 3.88. The van der Waals surface area contributed by atoms with Crippen LogP contribution >= 0.6 is 0 Å². The predicted molar refractivity (Wildman–Crippen MR) is 66.1 cm³/mol. The zero-order valence-electron chi connectivity index (χ0n) is 10.1. The van der Waals surface area contributed by atoms with E-state index in [1.165, 1.54) is 4.90 Å². The molecule has 17 heavy (non-hydrogen) atoms. The molecule has 0 aliphatic carbocycles. The summed E-state index contributed by atoms with van der Waals surface area (Å²) in [4.78, 5) is 13.2. The van der Waals surface area contributed by atoms with Crippen molar-refractivity contribution < 1.29 is 14.6 Å². The van der Waals surface area contributed by atoms with E-state index in [4.69, 9.17) is 15.6 Å². The molecule has 1 amide bonds. The highest BCUT2D eigenvalue weighted by Gasteiger charge is 2.10. The number of amides is 1. The highest BCUT2D eigenvalue weighted by molar-refractivity contribution is 5.95. The van der Waals surface area contributed by atoms with Gasteiger partial charge in [0, 0.05) is 32.7 Å². The first-order chi connectivity index (χ1) is 8.06. The Morgan fingerprint density at radius 2 is 2.18 bits per heavy atom. The molecule has 0 heterocycles. The standard InChI is InChI=1S/C12H18N2O3/c1-14(2)12(16)9-4-5-11(10(13)8-9)17-7-3-6-15/h4-5,8,15H,3,6-7,13H2,1-2H3. The molecule has 0 spiro atoms. The molecule has 0 aliphatic rings. The third-order valence-electron chi connectivity index (χ3n) is 2.22. The van der Waals surface area contributed by atoms with E-state index in [1.807, 2.05) is 0 Å². The van der Waals surface area contributed by atoms with E-state index in [0.717, 1.165) is 0 Å². The molecule has 1 aromatic rings. The number of anilines is 1. The lowest BCUT2D eigenvalue weighted by atomic mass is 10.1. The molecule has 0 unspecified atom stereocenters. The van der Waals surface area contributed by atoms with Crippen molar-refractivity contribution in [1.82, 2.24) is 4.90 Å². The van der Waals surface area contributed by atoms with E-state index in [-0.39, 0.29) is 12.5 Å². The van der Waals surface area contributed by atoms with E-state index in [1.54, 1.807) is 32.3 Å². The summed E-state index contributed by atoms with van der Waals surface area (Å²) in [6.45, 7) is 0.485. The third-order valence-corrected chi connectivity index (χ3v) is 2.22. The Kier molecular flexibility index (Phi) is 4.78. The molecule has 1 aromatic carbocycles. The fourth-order valence-electron chi connectivity index (χ4n) is 1.32. The van der Waals surface area contributed by atoms with Crippen LogP contribution in [0.1, 0.15) is 16.8 Å². The Bertz CT molecular complexity index is 391. The second kappa shape index (κ2) is 6.10. The largest absolute Gasteiger partial charge is 0.491 e. The minimum atomic E-state index is -0.0985. The summed E-state index contributed by atoms with van der Waals surface area (Å²) in [6.07, 6.45) is 0.553. The zero-order valence-corrected chi connectivity index (χ0v) is 10.1. The van der Waals surface area contributed by atoms with Crippen LogP contribution in [0.25, 0.3) is 0 Å². The van der Waals surface area contributed by atoms with Crippen LogP contribution in [0.4, 0.5) is 5.69 Å². The van der Waals surface area contributed by atoms with Gasteiger partial charge < -0.3 is 20.5 Å². The lowest BCUT2D eigenvalue weighted by Crippen LogP contribution is -2.21. The van der Waals surface area contributed by atoms with Gasteiger partial charge in [0.05, 0.1) is 12.3 Å². The maximum Gasteiger partial charge on any atom is 0.253 e. The molecular formula is C12H18N2O3. The van der Waals surface area contributed by atoms with Crippen molar-refractivity contribution >= 4 is 11.6 Å². The summed E-state index contributed by atoms with van der Waals surface area (Å²) in [5, 5.41) is 8.63. The van der Waals surface area contributed by atoms with Gasteiger partial charge in [-0.05, 0) is 18.2 Å². The lowest BCUT2D eigenvalue weighted by molar-refractivity contribution is 0.0827. The molecule has 5 heteroatoms. The first-order valence-electron chi connectivity index (χ1n) is 5.41. The highest BCUT2D eigenvalue weighted by Crippen LogP contribution is 2.23. The Balaban J connectivity index is 2.75. The Morgan fingerprint density at radius 3 is 2.71 bits per heavy atom. The number of hydrogen-bond donors (Lipinski definition) is 2. The molecule has 0 atom stereocenters. The maximum atomic E-state index is 11.7. The highest BCUT2D eigenvalue weighted by atomic mass is 16.5. The van der Waals surface area contributed by atoms with Crippen LogP contribution in [0.5, 0.6) is 5.75 Å². The van der Waals surface area contributed by atoms with Crippen molar-refractivity contribution in [1.29, 1.82) is 0 Å². The van der Waals surface area contributed by atoms with Gasteiger partial charge in [0.25, 0.3) is 5.91 Å². The molecule has 5 nitrogen and oxygen atoms in total. The number of hydrogen-bond acceptors (Lipinski definition) is 4. The van der Waals surface area contributed by atoms with Gasteiger partial charge in [0.2, 0.25) is 0 Å². The molecule has 0 saturated carbocycles. The summed E-state index contributed by atoms with van der Waals surface area (Å²) in [5.74, 6) is 0.437. The van der Waals surface area contributed by atoms with Crippen molar-refractivity contribution in [2.24, 2.45) is 0 Å². The van der Waals surface area contributed by atoms with E-state index in [9.17, 15) is 4.79 Å². The molecule has 0 bridgehead atoms. The van der Waals surface area contributed by atoms with Crippen molar-refractivity contribution in [3.8, 4) is 5.75 Å². The van der Waals surface area contributed by atoms with Gasteiger partial charge >= 0.3 is 0 Å². The van der Waals surface area contributed by atoms with Gasteiger partial charge in [-0.1, -0.05) is 0 Å². The topological polar surface area (TPSA) is 75.8 Å². The number of rotatable bonds is 5. The van der Waals surface area contributed by atoms with Crippen LogP contribution in [0.2, 0.25) is 0 Å². The van der Waals surface area contributed by atoms with Gasteiger partial charge in [-0.15, -0.1) is 0 Å². The first kappa shape index (κ1) is 13.3. The molecule has 94 valence electrons. The number of carbonyl (C=O) groups is 1. The Labute approximate surface area is 101 Å². The average molecular weight is 238 g/mol. The molecule has 0 fully saturated rings. The van der Waals surface area contributed by atoms with E-state index in [0.29, 0.717) is 30.0 Å². The first-order valence-corrected chi connectivity index (χ1v) is 5.41. The average Bonchev–Trinajstić information content (AvgIpc) is 2.30. The summed E-state index contributed by atoms with van der Waals surface area (Å²) in [5.41, 5.74) is 6.74. The molecule has 1 rings (SSSR count). The molecule has 0 radical (unpaired) electrons. The number of aliphatic hydroxyl groups excluding tert-OH is 1. The van der Waals surface area contributed by atoms with Gasteiger partial charge in [-0.2, -0.15) is 0 Å². The maximum absolute atomic E-state index is 11.7. The number of nitrogens with zero attached hydrogens (tertiary/aromatic N) is 1. The fraction of sp³-hybridized carbons (Fsp3) is 0.417. The zero-order chi connectivity index (χ0) is 12.8. The van der Waals surface area contributed by atoms with Crippen LogP contribution in [-0.4, -0.2) is 43.2 Å². The monoisotopic (exact) mass is 238 g/mol. The van der Waals surface area contributed by atoms with Crippen LogP contribution in [-0.2, 0) is 0 Å². The van der Waals surface area contributed by atoms with Crippen molar-refractivity contribution in [2.75, 3.05) is 33.0 Å². The molecule has 0 aromatic heterocycles. The second-order valence-electron chi connectivity index (χ2n) is 3.88. The number of benzene rings is 1. The Morgan fingerprint density at radius 1 is 1.47 bits per heavy atom. The van der Waals surface area contributed by atoms with Gasteiger partial charge in [-0.3, -0.25) is 4.79 Å². The van der Waals surface area contributed by atoms with Crippen molar-refractivity contribution in [2.45, 2.75) is 6.42 Å². The molecule has 0 saturated heterocycles. The van der Waals surface area contributed by atoms with Gasteiger partial charge in [0.1, 0.15) is 5.75 Å². The van der Waals surface area contributed by atoms with E-state index in [2.05, 4.69) is 0 Å². The molecule has 0 aliphatic heterocycles. The van der Waals surface area contributed by atoms with E-state index < -0.39 is 0 Å². The number of ether oxygens (including phenoxy) is 1. The van der Waals surface area contributed by atoms with Gasteiger partial charge in [-0.25, -0.2) is 0 Å². The van der Waals surface area contributed by atoms with Gasteiger partial charge in [0.15, 0.2) is 0 Å². The predicted octanol–water partition coefficient (Wildman–Crippen LogP) is 0.732. The number of aliphatic hydroxyl groups is 1. The number of nitrogen functional groups attached to an aromatic ring is 1. The minimum absolute atomic E-state index is 0.0805. The third kappa shape index (κ3) is 3.64. The smallest absolute Gasteiger partial charge is 0.253 e. The SMILES string of the molecule is CN(C)C(=O)c1ccc(OCCCO)c(N)c1. The van der Waals surface area contributed by atoms with E-state index >= 15 is 0 Å². The normalized spacial score (nSPS) is 10.1. The number of nitrogens with two attached hydrogens (primary N) is 1. The fourth-order valence-corrected chi connectivity index (χ4v) is 1.32. The summed E-state index contributed by atoms with van der Waals surface area (Å²) >= 11 is 0. The summed E-state index contributed by atoms with van der Waals surface area (Å²) in [6, 6.07) is 4.94. The summed E-state index contributed by atoms with van der Waals surface area (Å²) in [7, 11) is 3.37. The molecular weight excluding hydrogens is 220 g/mol. The van der Waals surface area contributed by atoms with Crippen LogP contribution in [0, 0.1) is 0 Å². The quantitative estimate of drug-likeness (QED) is 0.586. The van der Waals surface area contributed by atoms with Crippen LogP contribution < -0.4 is 10.5 Å². The van der Waals surface area contributed by atoms with Crippen LogP contribution in [0.3, 0.4) is 0 Å². The minimum Gasteiger partial charge on any atom is -0.491 e. The summed E-state index contributed by atoms with van der Waals surface area (Å²) < 4.78 is 5.36. The van der Waals surface area contributed by atoms with Crippen molar-refractivity contribution in [3.63, 3.8) is 0 Å².